The first-order valence-corrected chi connectivity index (χ1v) is 12.2. The monoisotopic (exact) mass is 557 g/mol. The Balaban J connectivity index is 1.71. The van der Waals surface area contributed by atoms with E-state index < -0.39 is 64.5 Å². The van der Waals surface area contributed by atoms with E-state index in [0.29, 0.717) is 12.8 Å². The number of aromatic nitrogens is 1. The van der Waals surface area contributed by atoms with E-state index in [1.165, 1.54) is 19.2 Å². The van der Waals surface area contributed by atoms with Crippen LogP contribution in [-0.2, 0) is 9.53 Å². The van der Waals surface area contributed by atoms with Gasteiger partial charge in [0.1, 0.15) is 11.8 Å². The highest BCUT2D eigenvalue weighted by atomic mass is 19.4. The standard InChI is InChI=1S/C26H28F5N3O5/c1-12-18(15-4-5-16(27)19(28)20(15)38-11-13-9-24(2,37)10-13)21(39-25(12,3)26(29,30)31)23(36)34-14-6-7-33-17(8-14)22(32)35/h4-8,12-13,18,21,37H,9-11H2,1-3H3,(H2,32,35)(H,33,34,36)/t12-,13-,18-,21+,24+,25+/m0/s1. The van der Waals surface area contributed by atoms with Crippen LogP contribution in [-0.4, -0.2) is 52.0 Å². The molecule has 0 unspecified atom stereocenters. The summed E-state index contributed by atoms with van der Waals surface area (Å²) in [6.07, 6.45) is -4.87. The maximum atomic E-state index is 15.0. The zero-order valence-electron chi connectivity index (χ0n) is 21.3. The SMILES string of the molecule is C[C@H]1[C@@H](c2ccc(F)c(F)c2OC[C@H]2C[C@@](C)(O)C2)[C@H](C(=O)Nc2ccnc(C(N)=O)c2)O[C@@]1(C)C(F)(F)F. The van der Waals surface area contributed by atoms with Gasteiger partial charge < -0.3 is 25.6 Å². The summed E-state index contributed by atoms with van der Waals surface area (Å²) >= 11 is 0. The largest absolute Gasteiger partial charge is 0.490 e. The van der Waals surface area contributed by atoms with E-state index in [1.54, 1.807) is 6.92 Å². The first-order chi connectivity index (χ1) is 18.0. The normalized spacial score (nSPS) is 30.5. The van der Waals surface area contributed by atoms with Crippen molar-refractivity contribution in [3.63, 3.8) is 0 Å². The Hall–Kier alpha value is -3.32. The molecule has 1 aliphatic heterocycles. The zero-order valence-corrected chi connectivity index (χ0v) is 21.3. The predicted octanol–water partition coefficient (Wildman–Crippen LogP) is 4.08. The minimum Gasteiger partial charge on any atom is -0.490 e. The molecular formula is C26H28F5N3O5. The summed E-state index contributed by atoms with van der Waals surface area (Å²) in [5.41, 5.74) is 1.10. The molecule has 2 aromatic rings. The lowest BCUT2D eigenvalue weighted by Gasteiger charge is -2.40. The summed E-state index contributed by atoms with van der Waals surface area (Å²) in [4.78, 5) is 28.5. The predicted molar refractivity (Wildman–Crippen MR) is 128 cm³/mol. The molecule has 0 radical (unpaired) electrons. The average molecular weight is 558 g/mol. The van der Waals surface area contributed by atoms with Gasteiger partial charge >= 0.3 is 6.18 Å². The number of alkyl halides is 3. The Labute approximate surface area is 220 Å². The molecule has 13 heteroatoms. The van der Waals surface area contributed by atoms with Crippen LogP contribution < -0.4 is 15.8 Å². The van der Waals surface area contributed by atoms with Gasteiger partial charge in [-0.2, -0.15) is 17.6 Å². The number of ether oxygens (including phenoxy) is 2. The smallest absolute Gasteiger partial charge is 0.417 e. The van der Waals surface area contributed by atoms with Gasteiger partial charge in [-0.1, -0.05) is 13.0 Å². The number of primary amides is 1. The molecule has 4 N–H and O–H groups in total. The Morgan fingerprint density at radius 3 is 2.49 bits per heavy atom. The molecule has 1 aromatic heterocycles. The summed E-state index contributed by atoms with van der Waals surface area (Å²) in [5, 5.41) is 12.3. The second-order valence-electron chi connectivity index (χ2n) is 10.6. The highest BCUT2D eigenvalue weighted by Crippen LogP contribution is 2.55. The molecule has 1 saturated heterocycles. The second kappa shape index (κ2) is 10.0. The first kappa shape index (κ1) is 28.7. The number of anilines is 1. The molecule has 2 heterocycles. The lowest BCUT2D eigenvalue weighted by molar-refractivity contribution is -0.272. The van der Waals surface area contributed by atoms with Crippen molar-refractivity contribution in [3.05, 3.63) is 53.4 Å². The van der Waals surface area contributed by atoms with Crippen LogP contribution in [0.1, 0.15) is 55.6 Å². The van der Waals surface area contributed by atoms with Crippen LogP contribution in [0.25, 0.3) is 0 Å². The fourth-order valence-corrected chi connectivity index (χ4v) is 5.34. The molecule has 4 atom stereocenters. The molecule has 2 fully saturated rings. The molecule has 212 valence electrons. The second-order valence-corrected chi connectivity index (χ2v) is 10.6. The Morgan fingerprint density at radius 1 is 1.23 bits per heavy atom. The molecule has 8 nitrogen and oxygen atoms in total. The minimum atomic E-state index is -4.92. The van der Waals surface area contributed by atoms with Gasteiger partial charge in [0.2, 0.25) is 5.82 Å². The third-order valence-electron chi connectivity index (χ3n) is 7.57. The number of benzene rings is 1. The van der Waals surface area contributed by atoms with E-state index in [-0.39, 0.29) is 29.5 Å². The minimum absolute atomic E-state index is 0.0122. The number of nitrogens with zero attached hydrogens (tertiary/aromatic N) is 1. The molecule has 1 saturated carbocycles. The van der Waals surface area contributed by atoms with Gasteiger partial charge in [0, 0.05) is 29.3 Å². The van der Waals surface area contributed by atoms with E-state index in [2.05, 4.69) is 10.3 Å². The Morgan fingerprint density at radius 2 is 1.90 bits per heavy atom. The fraction of sp³-hybridized carbons (Fsp3) is 0.500. The van der Waals surface area contributed by atoms with E-state index in [0.717, 1.165) is 25.1 Å². The number of aliphatic hydroxyl groups is 1. The number of rotatable bonds is 7. The highest BCUT2D eigenvalue weighted by molar-refractivity contribution is 5.97. The maximum Gasteiger partial charge on any atom is 0.417 e. The average Bonchev–Trinajstić information content (AvgIpc) is 3.10. The fourth-order valence-electron chi connectivity index (χ4n) is 5.34. The molecule has 1 aliphatic carbocycles. The maximum absolute atomic E-state index is 15.0. The van der Waals surface area contributed by atoms with Crippen LogP contribution in [0.2, 0.25) is 0 Å². The van der Waals surface area contributed by atoms with Crippen LogP contribution in [0.5, 0.6) is 5.75 Å². The zero-order chi connectivity index (χ0) is 28.9. The van der Waals surface area contributed by atoms with Crippen LogP contribution >= 0.6 is 0 Å². The first-order valence-electron chi connectivity index (χ1n) is 12.2. The summed E-state index contributed by atoms with van der Waals surface area (Å²) in [5.74, 6) is -8.26. The third kappa shape index (κ3) is 5.42. The van der Waals surface area contributed by atoms with Gasteiger partial charge in [-0.25, -0.2) is 4.39 Å². The molecule has 0 spiro atoms. The number of hydrogen-bond acceptors (Lipinski definition) is 6. The molecule has 2 aliphatic rings. The van der Waals surface area contributed by atoms with Gasteiger partial charge in [0.15, 0.2) is 17.2 Å². The van der Waals surface area contributed by atoms with Crippen molar-refractivity contribution in [1.82, 2.24) is 4.98 Å². The molecular weight excluding hydrogens is 529 g/mol. The number of nitrogens with one attached hydrogen (secondary N) is 1. The van der Waals surface area contributed by atoms with Gasteiger partial charge in [0.25, 0.3) is 11.8 Å². The lowest BCUT2D eigenvalue weighted by atomic mass is 9.72. The number of pyridine rings is 1. The Bertz CT molecular complexity index is 1280. The van der Waals surface area contributed by atoms with Gasteiger partial charge in [-0.3, -0.25) is 14.6 Å². The van der Waals surface area contributed by atoms with Crippen LogP contribution in [0.4, 0.5) is 27.6 Å². The number of carbonyl (C=O) groups is 2. The molecule has 1 aromatic carbocycles. The molecule has 0 bridgehead atoms. The van der Waals surface area contributed by atoms with Crippen molar-refractivity contribution in [1.29, 1.82) is 0 Å². The van der Waals surface area contributed by atoms with Crippen molar-refractivity contribution in [2.75, 3.05) is 11.9 Å². The van der Waals surface area contributed by atoms with Crippen LogP contribution in [0, 0.1) is 23.5 Å². The summed E-state index contributed by atoms with van der Waals surface area (Å²) in [6.45, 7) is 3.49. The molecule has 2 amide bonds. The number of amides is 2. The van der Waals surface area contributed by atoms with Gasteiger partial charge in [-0.15, -0.1) is 0 Å². The van der Waals surface area contributed by atoms with Crippen LogP contribution in [0.15, 0.2) is 30.5 Å². The van der Waals surface area contributed by atoms with Crippen molar-refractivity contribution in [2.24, 2.45) is 17.6 Å². The number of nitrogens with two attached hydrogens (primary N) is 1. The molecule has 39 heavy (non-hydrogen) atoms. The van der Waals surface area contributed by atoms with Crippen molar-refractivity contribution in [3.8, 4) is 5.75 Å². The third-order valence-corrected chi connectivity index (χ3v) is 7.57. The topological polar surface area (TPSA) is 124 Å². The van der Waals surface area contributed by atoms with E-state index in [9.17, 15) is 32.3 Å². The number of hydrogen-bond donors (Lipinski definition) is 3. The quantitative estimate of drug-likeness (QED) is 0.441. The Kier molecular flexibility index (Phi) is 7.36. The lowest BCUT2D eigenvalue weighted by Crippen LogP contribution is -2.47. The highest BCUT2D eigenvalue weighted by Gasteiger charge is 2.66. The van der Waals surface area contributed by atoms with Crippen LogP contribution in [0.3, 0.4) is 0 Å². The van der Waals surface area contributed by atoms with Gasteiger partial charge in [0.05, 0.1) is 12.2 Å². The summed E-state index contributed by atoms with van der Waals surface area (Å²) in [6, 6.07) is 4.25. The molecule has 4 rings (SSSR count). The van der Waals surface area contributed by atoms with E-state index in [1.807, 2.05) is 0 Å². The van der Waals surface area contributed by atoms with Crippen molar-refractivity contribution < 1.29 is 46.1 Å². The summed E-state index contributed by atoms with van der Waals surface area (Å²) < 4.78 is 82.9. The number of carbonyl (C=O) groups excluding carboxylic acids is 2. The van der Waals surface area contributed by atoms with E-state index in [4.69, 9.17) is 15.2 Å². The summed E-state index contributed by atoms with van der Waals surface area (Å²) in [7, 11) is 0. The number of halogens is 5. The van der Waals surface area contributed by atoms with Gasteiger partial charge in [-0.05, 0) is 50.8 Å². The van der Waals surface area contributed by atoms with Crippen molar-refractivity contribution >= 4 is 17.5 Å². The van der Waals surface area contributed by atoms with Crippen molar-refractivity contribution in [2.45, 2.75) is 63.0 Å². The van der Waals surface area contributed by atoms with E-state index >= 15 is 4.39 Å².